The number of nitrogens with one attached hydrogen (secondary N) is 2. The molecule has 0 aliphatic carbocycles. The number of carboxylic acid groups (broad SMARTS) is 1. The minimum Gasteiger partial charge on any atom is -0.481 e. The zero-order valence-corrected chi connectivity index (χ0v) is 14.7. The Morgan fingerprint density at radius 2 is 1.81 bits per heavy atom. The summed E-state index contributed by atoms with van der Waals surface area (Å²) in [6.07, 6.45) is 2.79. The summed E-state index contributed by atoms with van der Waals surface area (Å²) in [4.78, 5) is 23.2. The first kappa shape index (κ1) is 18.1. The quantitative estimate of drug-likeness (QED) is 0.744. The largest absolute Gasteiger partial charge is 0.481 e. The van der Waals surface area contributed by atoms with Crippen molar-refractivity contribution in [2.45, 2.75) is 31.6 Å². The van der Waals surface area contributed by atoms with E-state index in [1.54, 1.807) is 0 Å². The average molecular weight is 352 g/mol. The molecule has 3 rings (SSSR count). The number of anilines is 1. The van der Waals surface area contributed by atoms with Gasteiger partial charge in [0.1, 0.15) is 0 Å². The molecule has 26 heavy (non-hydrogen) atoms. The molecule has 5 heteroatoms. The molecule has 2 aromatic carbocycles. The molecule has 0 radical (unpaired) electrons. The first-order chi connectivity index (χ1) is 12.6. The molecule has 1 saturated heterocycles. The molecule has 0 aromatic heterocycles. The van der Waals surface area contributed by atoms with Crippen LogP contribution in [-0.4, -0.2) is 30.1 Å². The Kier molecular flexibility index (Phi) is 6.02. The van der Waals surface area contributed by atoms with Crippen LogP contribution in [0.15, 0.2) is 48.5 Å². The highest BCUT2D eigenvalue weighted by atomic mass is 16.4. The standard InChI is InChI=1S/C21H24N2O3/c24-20(25)9-6-15-4-7-19(8-5-15)23-21(26)18-3-1-2-17(14-18)16-10-12-22-13-11-16/h1-5,7-8,14,16,22H,6,9-13H2,(H,23,26)(H,24,25). The molecular weight excluding hydrogens is 328 g/mol. The summed E-state index contributed by atoms with van der Waals surface area (Å²) in [5.74, 6) is -0.424. The summed E-state index contributed by atoms with van der Waals surface area (Å²) in [6.45, 7) is 2.05. The van der Waals surface area contributed by atoms with E-state index < -0.39 is 5.97 Å². The summed E-state index contributed by atoms with van der Waals surface area (Å²) < 4.78 is 0. The number of hydrogen-bond acceptors (Lipinski definition) is 3. The maximum absolute atomic E-state index is 12.5. The Balaban J connectivity index is 1.63. The fraction of sp³-hybridized carbons (Fsp3) is 0.333. The Morgan fingerprint density at radius 3 is 2.50 bits per heavy atom. The maximum atomic E-state index is 12.5. The molecule has 1 heterocycles. The lowest BCUT2D eigenvalue weighted by Crippen LogP contribution is -2.26. The molecule has 3 N–H and O–H groups in total. The summed E-state index contributed by atoms with van der Waals surface area (Å²) in [5.41, 5.74) is 3.54. The van der Waals surface area contributed by atoms with Gasteiger partial charge in [0.25, 0.3) is 5.91 Å². The van der Waals surface area contributed by atoms with E-state index in [0.29, 0.717) is 23.6 Å². The van der Waals surface area contributed by atoms with Crippen molar-refractivity contribution in [2.75, 3.05) is 18.4 Å². The molecular formula is C21H24N2O3. The van der Waals surface area contributed by atoms with Crippen molar-refractivity contribution >= 4 is 17.6 Å². The van der Waals surface area contributed by atoms with Crippen molar-refractivity contribution in [3.05, 3.63) is 65.2 Å². The number of carboxylic acids is 1. The fourth-order valence-corrected chi connectivity index (χ4v) is 3.30. The van der Waals surface area contributed by atoms with Gasteiger partial charge in [-0.05, 0) is 73.7 Å². The van der Waals surface area contributed by atoms with Gasteiger partial charge in [-0.15, -0.1) is 0 Å². The van der Waals surface area contributed by atoms with Crippen LogP contribution in [0.25, 0.3) is 0 Å². The van der Waals surface area contributed by atoms with Crippen LogP contribution in [0.2, 0.25) is 0 Å². The number of benzene rings is 2. The van der Waals surface area contributed by atoms with Crippen molar-refractivity contribution < 1.29 is 14.7 Å². The molecule has 0 unspecified atom stereocenters. The average Bonchev–Trinajstić information content (AvgIpc) is 2.68. The van der Waals surface area contributed by atoms with Crippen LogP contribution in [0.5, 0.6) is 0 Å². The van der Waals surface area contributed by atoms with E-state index >= 15 is 0 Å². The van der Waals surface area contributed by atoms with Gasteiger partial charge in [0.15, 0.2) is 0 Å². The number of aryl methyl sites for hydroxylation is 1. The Labute approximate surface area is 153 Å². The minimum absolute atomic E-state index is 0.106. The molecule has 2 aromatic rings. The van der Waals surface area contributed by atoms with Gasteiger partial charge in [0.2, 0.25) is 0 Å². The first-order valence-electron chi connectivity index (χ1n) is 9.04. The molecule has 1 aliphatic rings. The molecule has 5 nitrogen and oxygen atoms in total. The number of hydrogen-bond donors (Lipinski definition) is 3. The highest BCUT2D eigenvalue weighted by Crippen LogP contribution is 2.26. The van der Waals surface area contributed by atoms with Crippen LogP contribution in [0.3, 0.4) is 0 Å². The van der Waals surface area contributed by atoms with Gasteiger partial charge in [-0.1, -0.05) is 24.3 Å². The third-order valence-electron chi connectivity index (χ3n) is 4.80. The van der Waals surface area contributed by atoms with Gasteiger partial charge in [-0.25, -0.2) is 0 Å². The number of aliphatic carboxylic acids is 1. The highest BCUT2D eigenvalue weighted by Gasteiger charge is 2.16. The second-order valence-electron chi connectivity index (χ2n) is 6.69. The van der Waals surface area contributed by atoms with E-state index in [-0.39, 0.29) is 12.3 Å². The van der Waals surface area contributed by atoms with Crippen molar-refractivity contribution in [3.8, 4) is 0 Å². The Bertz CT molecular complexity index is 765. The number of carbonyl (C=O) groups excluding carboxylic acids is 1. The number of carbonyl (C=O) groups is 2. The smallest absolute Gasteiger partial charge is 0.303 e. The third kappa shape index (κ3) is 4.92. The summed E-state index contributed by atoms with van der Waals surface area (Å²) >= 11 is 0. The second-order valence-corrected chi connectivity index (χ2v) is 6.69. The lowest BCUT2D eigenvalue weighted by Gasteiger charge is -2.23. The van der Waals surface area contributed by atoms with Crippen molar-refractivity contribution in [2.24, 2.45) is 0 Å². The zero-order chi connectivity index (χ0) is 18.4. The molecule has 1 aliphatic heterocycles. The number of rotatable bonds is 6. The topological polar surface area (TPSA) is 78.4 Å². The fourth-order valence-electron chi connectivity index (χ4n) is 3.30. The summed E-state index contributed by atoms with van der Waals surface area (Å²) in [7, 11) is 0. The second kappa shape index (κ2) is 8.63. The van der Waals surface area contributed by atoms with Crippen LogP contribution >= 0.6 is 0 Å². The molecule has 0 bridgehead atoms. The van der Waals surface area contributed by atoms with Crippen LogP contribution in [0.4, 0.5) is 5.69 Å². The molecule has 136 valence electrons. The number of amides is 1. The van der Waals surface area contributed by atoms with Gasteiger partial charge in [-0.3, -0.25) is 9.59 Å². The maximum Gasteiger partial charge on any atom is 0.303 e. The third-order valence-corrected chi connectivity index (χ3v) is 4.80. The Hall–Kier alpha value is -2.66. The van der Waals surface area contributed by atoms with Crippen LogP contribution < -0.4 is 10.6 Å². The van der Waals surface area contributed by atoms with E-state index in [0.717, 1.165) is 31.5 Å². The minimum atomic E-state index is -0.809. The van der Waals surface area contributed by atoms with E-state index in [4.69, 9.17) is 5.11 Å². The van der Waals surface area contributed by atoms with Crippen LogP contribution in [0.1, 0.15) is 46.7 Å². The number of piperidine rings is 1. The van der Waals surface area contributed by atoms with Crippen LogP contribution in [-0.2, 0) is 11.2 Å². The monoisotopic (exact) mass is 352 g/mol. The lowest BCUT2D eigenvalue weighted by atomic mass is 9.89. The first-order valence-corrected chi connectivity index (χ1v) is 9.04. The van der Waals surface area contributed by atoms with E-state index in [1.807, 2.05) is 42.5 Å². The van der Waals surface area contributed by atoms with Gasteiger partial charge >= 0.3 is 5.97 Å². The predicted octanol–water partition coefficient (Wildman–Crippen LogP) is 3.42. The highest BCUT2D eigenvalue weighted by molar-refractivity contribution is 6.04. The lowest BCUT2D eigenvalue weighted by molar-refractivity contribution is -0.136. The SMILES string of the molecule is O=C(O)CCc1ccc(NC(=O)c2cccc(C3CCNCC3)c2)cc1. The van der Waals surface area contributed by atoms with Gasteiger partial charge in [0, 0.05) is 17.7 Å². The van der Waals surface area contributed by atoms with Gasteiger partial charge < -0.3 is 15.7 Å². The van der Waals surface area contributed by atoms with Crippen molar-refractivity contribution in [1.29, 1.82) is 0 Å². The van der Waals surface area contributed by atoms with E-state index in [1.165, 1.54) is 5.56 Å². The van der Waals surface area contributed by atoms with Crippen LogP contribution in [0, 0.1) is 0 Å². The Morgan fingerprint density at radius 1 is 1.08 bits per heavy atom. The van der Waals surface area contributed by atoms with Gasteiger partial charge in [-0.2, -0.15) is 0 Å². The molecule has 0 saturated carbocycles. The summed E-state index contributed by atoms with van der Waals surface area (Å²) in [5, 5.41) is 15.0. The van der Waals surface area contributed by atoms with Crippen molar-refractivity contribution in [1.82, 2.24) is 5.32 Å². The normalized spacial score (nSPS) is 14.8. The van der Waals surface area contributed by atoms with E-state index in [2.05, 4.69) is 16.7 Å². The summed E-state index contributed by atoms with van der Waals surface area (Å²) in [6, 6.07) is 15.2. The molecule has 1 amide bonds. The van der Waals surface area contributed by atoms with Gasteiger partial charge in [0.05, 0.1) is 0 Å². The van der Waals surface area contributed by atoms with Crippen molar-refractivity contribution in [3.63, 3.8) is 0 Å². The predicted molar refractivity (Wildman–Crippen MR) is 102 cm³/mol. The molecule has 0 spiro atoms. The molecule has 0 atom stereocenters. The molecule has 1 fully saturated rings. The zero-order valence-electron chi connectivity index (χ0n) is 14.7. The van der Waals surface area contributed by atoms with E-state index in [9.17, 15) is 9.59 Å².